The summed E-state index contributed by atoms with van der Waals surface area (Å²) < 4.78 is 0. The number of rotatable bonds is 6. The van der Waals surface area contributed by atoms with Crippen LogP contribution in [0.4, 0.5) is 0 Å². The molecule has 0 aliphatic rings. The van der Waals surface area contributed by atoms with E-state index in [1.54, 1.807) is 24.8 Å². The van der Waals surface area contributed by atoms with Crippen molar-refractivity contribution in [2.75, 3.05) is 0 Å². The van der Waals surface area contributed by atoms with Gasteiger partial charge < -0.3 is 59.4 Å². The molecule has 4 heterocycles. The second-order valence-electron chi connectivity index (χ2n) is 17.2. The van der Waals surface area contributed by atoms with E-state index >= 15 is 0 Å². The summed E-state index contributed by atoms with van der Waals surface area (Å²) in [6.07, 6.45) is 7.21. The molecule has 0 fully saturated rings. The van der Waals surface area contributed by atoms with Crippen LogP contribution >= 0.6 is 69.6 Å². The van der Waals surface area contributed by atoms with E-state index in [4.69, 9.17) is 69.6 Å². The van der Waals surface area contributed by atoms with Crippen molar-refractivity contribution >= 4 is 149 Å². The molecule has 0 saturated carbocycles. The average Bonchev–Trinajstić information content (AvgIpc) is 1.07. The first kappa shape index (κ1) is 76.9. The molecule has 0 atom stereocenters. The number of carboxylic acids is 6. The molecule has 12 aromatic rings. The van der Waals surface area contributed by atoms with Crippen LogP contribution in [0, 0.1) is 80.8 Å². The number of aromatic nitrogens is 4. The quantitative estimate of drug-likeness (QED) is 0.140. The van der Waals surface area contributed by atoms with Crippen LogP contribution in [0.1, 0.15) is 62.1 Å². The van der Waals surface area contributed by atoms with E-state index < -0.39 is 35.8 Å². The van der Waals surface area contributed by atoms with Crippen LogP contribution in [0.3, 0.4) is 0 Å². The van der Waals surface area contributed by atoms with E-state index in [2.05, 4.69) is 68.5 Å². The van der Waals surface area contributed by atoms with Crippen molar-refractivity contribution in [1.82, 2.24) is 19.9 Å². The van der Waals surface area contributed by atoms with Crippen molar-refractivity contribution in [3.05, 3.63) is 307 Å². The molecule has 16 nitrogen and oxygen atoms in total. The van der Waals surface area contributed by atoms with Crippen LogP contribution in [0.2, 0.25) is 30.1 Å². The molecule has 0 aliphatic carbocycles. The Morgan fingerprint density at radius 1 is 0.222 bits per heavy atom. The van der Waals surface area contributed by atoms with Crippen LogP contribution in [-0.2, 0) is 0 Å². The fourth-order valence-corrected chi connectivity index (χ4v) is 7.63. The maximum Gasteiger partial charge on any atom is 3.00 e. The molecule has 0 aliphatic heterocycles. The first-order valence-electron chi connectivity index (χ1n) is 25.1. The predicted molar refractivity (Wildman–Crippen MR) is 329 cm³/mol. The van der Waals surface area contributed by atoms with Crippen LogP contribution < -0.4 is 30.6 Å². The fraction of sp³-hybridized carbons (Fsp3) is 0. The van der Waals surface area contributed by atoms with E-state index in [-0.39, 0.29) is 114 Å². The van der Waals surface area contributed by atoms with Crippen molar-refractivity contribution in [2.24, 2.45) is 0 Å². The van der Waals surface area contributed by atoms with Crippen LogP contribution in [-0.4, -0.2) is 55.8 Å². The predicted octanol–water partition coefficient (Wildman–Crippen LogP) is 9.79. The number of benzene rings is 8. The second-order valence-corrected chi connectivity index (χ2v) is 19.8. The number of hydrogen-bond acceptors (Lipinski definition) is 16. The standard InChI is InChI=1S/2C12H8N2.6C7H5ClO2.2Sm/c2*1-3-9-5-6-10-4-2-8-14-12(10)11(9)13-7-1;6*8-6-3-1-5(2-4-6)7(9)10;;/h2*1-8H;6*1-4H,(H,9,10);;/q;;;;;;;;2*+3/p-6. The Morgan fingerprint density at radius 2 is 0.356 bits per heavy atom. The molecule has 8 aromatic carbocycles. The van der Waals surface area contributed by atoms with Gasteiger partial charge in [-0.05, 0) is 130 Å². The Kier molecular flexibility index (Phi) is 34.5. The zero-order valence-corrected chi connectivity index (χ0v) is 55.6. The van der Waals surface area contributed by atoms with Gasteiger partial charge in [0.1, 0.15) is 0 Å². The summed E-state index contributed by atoms with van der Waals surface area (Å²) >= 11 is 33.0. The number of hydrogen-bond donors (Lipinski definition) is 0. The first-order chi connectivity index (χ1) is 42.1. The molecule has 0 amide bonds. The molecular weight excluding hydrogens is 1550 g/mol. The third-order valence-corrected chi connectivity index (χ3v) is 12.7. The number of carboxylic acid groups (broad SMARTS) is 6. The van der Waals surface area contributed by atoms with E-state index in [1.807, 2.05) is 24.3 Å². The SMILES string of the molecule is O=C([O-])c1ccc(Cl)cc1.O=C([O-])c1ccc(Cl)cc1.O=C([O-])c1ccc(Cl)cc1.O=C([O-])c1ccc(Cl)cc1.O=C([O-])c1ccc(Cl)cc1.O=C([O-])c1ccc(Cl)cc1.[Sm+3].[Sm+3].c1cnc2c(c1)ccc1cccnc12.c1cnc2c(c1)ccc1cccnc12. The van der Waals surface area contributed by atoms with Gasteiger partial charge in [-0.3, -0.25) is 19.9 Å². The molecule has 2 radical (unpaired) electrons. The van der Waals surface area contributed by atoms with Crippen molar-refractivity contribution in [1.29, 1.82) is 0 Å². The van der Waals surface area contributed by atoms with E-state index in [1.165, 1.54) is 146 Å². The summed E-state index contributed by atoms with van der Waals surface area (Å²) in [4.78, 5) is 78.3. The Balaban J connectivity index is 0.000000269. The van der Waals surface area contributed by atoms with Gasteiger partial charge in [-0.1, -0.05) is 191 Å². The molecule has 0 bridgehead atoms. The number of aromatic carboxylic acids is 6. The summed E-state index contributed by atoms with van der Waals surface area (Å²) in [5.41, 5.74) is 4.77. The summed E-state index contributed by atoms with van der Waals surface area (Å²) in [7, 11) is 0. The number of carbonyl (C=O) groups excluding carboxylic acids is 6. The molecular formula is C66H40Cl6N4O12Sm2. The summed E-state index contributed by atoms with van der Waals surface area (Å²) in [6.45, 7) is 0. The molecule has 450 valence electrons. The third-order valence-electron chi connectivity index (χ3n) is 11.2. The Morgan fingerprint density at radius 3 is 0.478 bits per heavy atom. The summed E-state index contributed by atoms with van der Waals surface area (Å²) in [6, 6.07) is 59.2. The first-order valence-corrected chi connectivity index (χ1v) is 27.3. The molecule has 0 spiro atoms. The molecule has 4 aromatic heterocycles. The fourth-order valence-electron chi connectivity index (χ4n) is 6.88. The van der Waals surface area contributed by atoms with Crippen molar-refractivity contribution < 1.29 is 140 Å². The van der Waals surface area contributed by atoms with E-state index in [0.29, 0.717) is 30.1 Å². The second kappa shape index (κ2) is 40.4. The molecule has 24 heteroatoms. The summed E-state index contributed by atoms with van der Waals surface area (Å²) in [5, 5.41) is 68.6. The molecule has 0 saturated heterocycles. The zero-order chi connectivity index (χ0) is 64.1. The number of halogens is 6. The molecule has 12 rings (SSSR count). The van der Waals surface area contributed by atoms with Crippen LogP contribution in [0.25, 0.3) is 43.6 Å². The molecule has 90 heavy (non-hydrogen) atoms. The largest absolute Gasteiger partial charge is 3.00 e. The van der Waals surface area contributed by atoms with Gasteiger partial charge in [0.15, 0.2) is 0 Å². The topological polar surface area (TPSA) is 292 Å². The van der Waals surface area contributed by atoms with E-state index in [0.717, 1.165) is 43.6 Å². The van der Waals surface area contributed by atoms with Crippen molar-refractivity contribution in [2.45, 2.75) is 0 Å². The number of carbonyl (C=O) groups is 6. The van der Waals surface area contributed by atoms with Crippen molar-refractivity contribution in [3.8, 4) is 0 Å². The van der Waals surface area contributed by atoms with Gasteiger partial charge in [0, 0.05) is 76.5 Å². The minimum absolute atomic E-state index is 0. The van der Waals surface area contributed by atoms with Crippen molar-refractivity contribution in [3.63, 3.8) is 0 Å². The van der Waals surface area contributed by atoms with Gasteiger partial charge in [0.25, 0.3) is 0 Å². The minimum Gasteiger partial charge on any atom is -0.545 e. The van der Waals surface area contributed by atoms with Gasteiger partial charge in [0.05, 0.1) is 57.9 Å². The Hall–Kier alpha value is -7.36. The molecule has 0 N–H and O–H groups in total. The van der Waals surface area contributed by atoms with Crippen LogP contribution in [0.15, 0.2) is 243 Å². The van der Waals surface area contributed by atoms with E-state index in [9.17, 15) is 59.4 Å². The zero-order valence-electron chi connectivity index (χ0n) is 45.9. The molecule has 0 unspecified atom stereocenters. The van der Waals surface area contributed by atoms with Crippen LogP contribution in [0.5, 0.6) is 0 Å². The third kappa shape index (κ3) is 26.6. The van der Waals surface area contributed by atoms with Gasteiger partial charge in [-0.25, -0.2) is 0 Å². The maximum atomic E-state index is 10.2. The maximum absolute atomic E-state index is 10.2. The van der Waals surface area contributed by atoms with Gasteiger partial charge in [-0.2, -0.15) is 0 Å². The Labute approximate surface area is 608 Å². The monoisotopic (exact) mass is 1590 g/mol. The number of nitrogens with zero attached hydrogens (tertiary/aromatic N) is 4. The Bertz CT molecular complexity index is 3650. The van der Waals surface area contributed by atoms with Gasteiger partial charge >= 0.3 is 80.8 Å². The van der Waals surface area contributed by atoms with Gasteiger partial charge in [0.2, 0.25) is 0 Å². The number of fused-ring (bicyclic) bond motifs is 6. The number of pyridine rings is 4. The minimum atomic E-state index is -1.18. The summed E-state index contributed by atoms with van der Waals surface area (Å²) in [5.74, 6) is -7.10. The smallest absolute Gasteiger partial charge is 0.545 e. The normalized spacial score (nSPS) is 9.58. The van der Waals surface area contributed by atoms with Gasteiger partial charge in [-0.15, -0.1) is 0 Å². The average molecular weight is 1590 g/mol.